The third kappa shape index (κ3) is 8.55. The Morgan fingerprint density at radius 1 is 1.35 bits per heavy atom. The van der Waals surface area contributed by atoms with E-state index in [4.69, 9.17) is 4.74 Å². The molecule has 0 bridgehead atoms. The number of ether oxygens (including phenoxy) is 1. The highest BCUT2D eigenvalue weighted by molar-refractivity contribution is 4.83. The Balaban J connectivity index is 2.15. The average molecular weight is 294 g/mol. The predicted octanol–water partition coefficient (Wildman–Crippen LogP) is 2.44. The Labute approximate surface area is 119 Å². The molecular formula is C14H25F3N2O. The Hall–Kier alpha value is -0.590. The van der Waals surface area contributed by atoms with Gasteiger partial charge in [0.25, 0.3) is 0 Å². The summed E-state index contributed by atoms with van der Waals surface area (Å²) in [6, 6.07) is 0. The minimum atomic E-state index is -4.11. The SMILES string of the molecule is COC/C=C/CCN1CCCC(CNCC(F)(F)F)C1. The first-order valence-corrected chi connectivity index (χ1v) is 7.15. The van der Waals surface area contributed by atoms with Crippen molar-refractivity contribution in [3.05, 3.63) is 12.2 Å². The fourth-order valence-electron chi connectivity index (χ4n) is 2.48. The minimum absolute atomic E-state index is 0.328. The minimum Gasteiger partial charge on any atom is -0.381 e. The number of hydrogen-bond acceptors (Lipinski definition) is 3. The second kappa shape index (κ2) is 9.37. The fraction of sp³-hybridized carbons (Fsp3) is 0.857. The number of nitrogens with one attached hydrogen (secondary N) is 1. The molecule has 20 heavy (non-hydrogen) atoms. The van der Waals surface area contributed by atoms with Gasteiger partial charge in [-0.25, -0.2) is 0 Å². The second-order valence-corrected chi connectivity index (χ2v) is 5.27. The van der Waals surface area contributed by atoms with Crippen LogP contribution in [0, 0.1) is 5.92 Å². The van der Waals surface area contributed by atoms with Crippen LogP contribution in [0.15, 0.2) is 12.2 Å². The molecule has 0 amide bonds. The zero-order chi connectivity index (χ0) is 14.8. The normalized spacial score (nSPS) is 21.7. The number of alkyl halides is 3. The number of nitrogens with zero attached hydrogens (tertiary/aromatic N) is 1. The second-order valence-electron chi connectivity index (χ2n) is 5.27. The standard InChI is InChI=1S/C14H25F3N2O/c1-20-9-4-2-3-7-19-8-5-6-13(11-19)10-18-12-14(15,16)17/h2,4,13,18H,3,5-12H2,1H3/b4-2+. The highest BCUT2D eigenvalue weighted by Gasteiger charge is 2.27. The van der Waals surface area contributed by atoms with Gasteiger partial charge in [0.1, 0.15) is 0 Å². The molecule has 0 aromatic rings. The number of methoxy groups -OCH3 is 1. The van der Waals surface area contributed by atoms with Crippen molar-refractivity contribution in [3.63, 3.8) is 0 Å². The topological polar surface area (TPSA) is 24.5 Å². The molecule has 118 valence electrons. The molecule has 1 aliphatic heterocycles. The van der Waals surface area contributed by atoms with E-state index in [0.717, 1.165) is 38.9 Å². The maximum atomic E-state index is 12.1. The van der Waals surface area contributed by atoms with Crippen LogP contribution in [0.1, 0.15) is 19.3 Å². The van der Waals surface area contributed by atoms with Crippen molar-refractivity contribution in [3.8, 4) is 0 Å². The first kappa shape index (κ1) is 17.5. The molecule has 0 aromatic heterocycles. The van der Waals surface area contributed by atoms with Gasteiger partial charge in [-0.1, -0.05) is 12.2 Å². The summed E-state index contributed by atoms with van der Waals surface area (Å²) in [5.74, 6) is 0.328. The van der Waals surface area contributed by atoms with E-state index in [1.165, 1.54) is 0 Å². The summed E-state index contributed by atoms with van der Waals surface area (Å²) in [6.45, 7) is 3.11. The molecule has 3 nitrogen and oxygen atoms in total. The molecule has 1 N–H and O–H groups in total. The van der Waals surface area contributed by atoms with E-state index in [0.29, 0.717) is 19.1 Å². The Bertz CT molecular complexity index is 282. The van der Waals surface area contributed by atoms with E-state index in [-0.39, 0.29) is 0 Å². The Morgan fingerprint density at radius 3 is 2.85 bits per heavy atom. The largest absolute Gasteiger partial charge is 0.401 e. The number of hydrogen-bond donors (Lipinski definition) is 1. The number of likely N-dealkylation sites (tertiary alicyclic amines) is 1. The summed E-state index contributed by atoms with van der Waals surface area (Å²) in [5, 5.41) is 2.52. The number of halogens is 3. The quantitative estimate of drug-likeness (QED) is 0.696. The summed E-state index contributed by atoms with van der Waals surface area (Å²) in [5.41, 5.74) is 0. The molecule has 1 rings (SSSR count). The highest BCUT2D eigenvalue weighted by Crippen LogP contribution is 2.17. The van der Waals surface area contributed by atoms with Gasteiger partial charge in [-0.2, -0.15) is 13.2 Å². The van der Waals surface area contributed by atoms with E-state index in [1.54, 1.807) is 7.11 Å². The summed E-state index contributed by atoms with van der Waals surface area (Å²) in [4.78, 5) is 2.33. The molecule has 1 atom stereocenters. The van der Waals surface area contributed by atoms with Crippen LogP contribution >= 0.6 is 0 Å². The van der Waals surface area contributed by atoms with Crippen LogP contribution in [0.4, 0.5) is 13.2 Å². The summed E-state index contributed by atoms with van der Waals surface area (Å²) >= 11 is 0. The van der Waals surface area contributed by atoms with Crippen molar-refractivity contribution in [2.24, 2.45) is 5.92 Å². The lowest BCUT2D eigenvalue weighted by molar-refractivity contribution is -0.125. The molecule has 0 saturated carbocycles. The molecule has 0 aliphatic carbocycles. The summed E-state index contributed by atoms with van der Waals surface area (Å²) in [7, 11) is 1.66. The van der Waals surface area contributed by atoms with Crippen LogP contribution in [-0.2, 0) is 4.74 Å². The van der Waals surface area contributed by atoms with Gasteiger partial charge in [-0.05, 0) is 38.3 Å². The molecular weight excluding hydrogens is 269 g/mol. The van der Waals surface area contributed by atoms with E-state index in [9.17, 15) is 13.2 Å². The van der Waals surface area contributed by atoms with Gasteiger partial charge in [-0.3, -0.25) is 0 Å². The maximum absolute atomic E-state index is 12.1. The van der Waals surface area contributed by atoms with Crippen LogP contribution in [-0.4, -0.2) is 57.5 Å². The Morgan fingerprint density at radius 2 is 2.15 bits per heavy atom. The van der Waals surface area contributed by atoms with Crippen molar-refractivity contribution >= 4 is 0 Å². The predicted molar refractivity (Wildman–Crippen MR) is 73.7 cm³/mol. The zero-order valence-corrected chi connectivity index (χ0v) is 12.1. The van der Waals surface area contributed by atoms with Gasteiger partial charge in [-0.15, -0.1) is 0 Å². The molecule has 1 heterocycles. The van der Waals surface area contributed by atoms with Crippen LogP contribution in [0.2, 0.25) is 0 Å². The lowest BCUT2D eigenvalue weighted by Crippen LogP contribution is -2.41. The van der Waals surface area contributed by atoms with Gasteiger partial charge in [0.15, 0.2) is 0 Å². The molecule has 0 spiro atoms. The van der Waals surface area contributed by atoms with Crippen LogP contribution in [0.3, 0.4) is 0 Å². The Kier molecular flexibility index (Phi) is 8.18. The summed E-state index contributed by atoms with van der Waals surface area (Å²) < 4.78 is 41.1. The molecule has 1 fully saturated rings. The molecule has 0 radical (unpaired) electrons. The van der Waals surface area contributed by atoms with Gasteiger partial charge < -0.3 is 15.0 Å². The first-order chi connectivity index (χ1) is 9.51. The van der Waals surface area contributed by atoms with Gasteiger partial charge in [0, 0.05) is 20.2 Å². The third-order valence-corrected chi connectivity index (χ3v) is 3.40. The fourth-order valence-corrected chi connectivity index (χ4v) is 2.48. The van der Waals surface area contributed by atoms with Crippen LogP contribution in [0.5, 0.6) is 0 Å². The van der Waals surface area contributed by atoms with E-state index < -0.39 is 12.7 Å². The average Bonchev–Trinajstić information content (AvgIpc) is 2.37. The molecule has 1 unspecified atom stereocenters. The van der Waals surface area contributed by atoms with Gasteiger partial charge in [0.05, 0.1) is 13.2 Å². The smallest absolute Gasteiger partial charge is 0.381 e. The zero-order valence-electron chi connectivity index (χ0n) is 12.1. The molecule has 1 aliphatic rings. The van der Waals surface area contributed by atoms with Crippen molar-refractivity contribution in [2.75, 3.05) is 46.4 Å². The van der Waals surface area contributed by atoms with E-state index in [2.05, 4.69) is 16.3 Å². The van der Waals surface area contributed by atoms with Crippen LogP contribution < -0.4 is 5.32 Å². The van der Waals surface area contributed by atoms with Gasteiger partial charge >= 0.3 is 6.18 Å². The first-order valence-electron chi connectivity index (χ1n) is 7.15. The molecule has 1 saturated heterocycles. The lowest BCUT2D eigenvalue weighted by Gasteiger charge is -2.32. The number of piperidine rings is 1. The monoisotopic (exact) mass is 294 g/mol. The summed E-state index contributed by atoms with van der Waals surface area (Å²) in [6.07, 6.45) is 3.02. The molecule has 6 heteroatoms. The third-order valence-electron chi connectivity index (χ3n) is 3.40. The lowest BCUT2D eigenvalue weighted by atomic mass is 9.98. The van der Waals surface area contributed by atoms with Crippen molar-refractivity contribution in [1.29, 1.82) is 0 Å². The molecule has 0 aromatic carbocycles. The van der Waals surface area contributed by atoms with Crippen molar-refractivity contribution < 1.29 is 17.9 Å². The van der Waals surface area contributed by atoms with E-state index in [1.807, 2.05) is 6.08 Å². The van der Waals surface area contributed by atoms with E-state index >= 15 is 0 Å². The number of rotatable bonds is 8. The van der Waals surface area contributed by atoms with Crippen molar-refractivity contribution in [1.82, 2.24) is 10.2 Å². The van der Waals surface area contributed by atoms with Gasteiger partial charge in [0.2, 0.25) is 0 Å². The van der Waals surface area contributed by atoms with Crippen LogP contribution in [0.25, 0.3) is 0 Å². The van der Waals surface area contributed by atoms with Crippen molar-refractivity contribution in [2.45, 2.75) is 25.4 Å². The maximum Gasteiger partial charge on any atom is 0.401 e. The highest BCUT2D eigenvalue weighted by atomic mass is 19.4.